The topological polar surface area (TPSA) is 65.6 Å². The molecule has 0 fully saturated rings. The number of aromatic nitrogens is 5. The number of pyridine rings is 2. The minimum Gasteiger partial charge on any atom is -0.263 e. The summed E-state index contributed by atoms with van der Waals surface area (Å²) in [6.45, 7) is 1.57. The first-order valence-electron chi connectivity index (χ1n) is 9.01. The predicted molar refractivity (Wildman–Crippen MR) is 116 cm³/mol. The second-order valence-electron chi connectivity index (χ2n) is 6.38. The predicted octanol–water partition coefficient (Wildman–Crippen LogP) is 5.27. The Hall–Kier alpha value is -3.10. The Morgan fingerprint density at radius 3 is 2.32 bits per heavy atom. The van der Waals surface area contributed by atoms with Crippen LogP contribution < -0.4 is 5.69 Å². The van der Waals surface area contributed by atoms with E-state index in [4.69, 9.17) is 23.2 Å². The summed E-state index contributed by atoms with van der Waals surface area (Å²) in [6, 6.07) is 11.6. The number of rotatable bonds is 3. The second kappa shape index (κ2) is 9.80. The maximum Gasteiger partial charge on any atom is 0.350 e. The van der Waals surface area contributed by atoms with Gasteiger partial charge in [-0.05, 0) is 49.4 Å². The molecule has 160 valence electrons. The number of alkyl halides is 2. The zero-order valence-corrected chi connectivity index (χ0v) is 18.0. The molecule has 0 saturated heterocycles. The van der Waals surface area contributed by atoms with E-state index in [1.54, 1.807) is 50.5 Å². The van der Waals surface area contributed by atoms with E-state index >= 15 is 0 Å². The van der Waals surface area contributed by atoms with Crippen molar-refractivity contribution in [1.29, 1.82) is 0 Å². The normalized spacial score (nSPS) is 10.7. The number of aryl methyl sites for hydroxylation is 2. The van der Waals surface area contributed by atoms with Crippen molar-refractivity contribution >= 4 is 23.2 Å². The average Bonchev–Trinajstić information content (AvgIpc) is 3.04. The van der Waals surface area contributed by atoms with Gasteiger partial charge in [0, 0.05) is 47.5 Å². The molecule has 0 saturated carbocycles. The summed E-state index contributed by atoms with van der Waals surface area (Å²) in [4.78, 5) is 20.0. The third-order valence-electron chi connectivity index (χ3n) is 4.31. The van der Waals surface area contributed by atoms with Crippen LogP contribution in [0.2, 0.25) is 10.0 Å². The quantitative estimate of drug-likeness (QED) is 0.415. The molecule has 0 radical (unpaired) electrons. The van der Waals surface area contributed by atoms with Crippen LogP contribution in [0.1, 0.15) is 17.7 Å². The smallest absolute Gasteiger partial charge is 0.263 e. The van der Waals surface area contributed by atoms with Crippen LogP contribution in [0.4, 0.5) is 8.78 Å². The minimum atomic E-state index is -2.41. The summed E-state index contributed by atoms with van der Waals surface area (Å²) in [7, 11) is 1.59. The third kappa shape index (κ3) is 5.15. The van der Waals surface area contributed by atoms with E-state index in [0.29, 0.717) is 32.8 Å². The number of hydrogen-bond acceptors (Lipinski definition) is 4. The molecule has 0 unspecified atom stereocenters. The number of hydrogen-bond donors (Lipinski definition) is 0. The fourth-order valence-electron chi connectivity index (χ4n) is 2.75. The highest BCUT2D eigenvalue weighted by Gasteiger charge is 2.17. The van der Waals surface area contributed by atoms with Crippen LogP contribution in [0.5, 0.6) is 0 Å². The average molecular weight is 464 g/mol. The molecule has 3 heterocycles. The van der Waals surface area contributed by atoms with Crippen LogP contribution >= 0.6 is 23.2 Å². The van der Waals surface area contributed by atoms with Gasteiger partial charge in [-0.25, -0.2) is 22.8 Å². The number of halogens is 4. The van der Waals surface area contributed by atoms with Crippen molar-refractivity contribution in [3.05, 3.63) is 92.8 Å². The third-order valence-corrected chi connectivity index (χ3v) is 4.86. The molecule has 6 nitrogen and oxygen atoms in total. The van der Waals surface area contributed by atoms with Gasteiger partial charge in [-0.3, -0.25) is 9.97 Å². The van der Waals surface area contributed by atoms with Crippen molar-refractivity contribution in [3.8, 4) is 17.1 Å². The van der Waals surface area contributed by atoms with Crippen molar-refractivity contribution in [2.75, 3.05) is 0 Å². The summed E-state index contributed by atoms with van der Waals surface area (Å²) < 4.78 is 26.7. The molecule has 1 aromatic carbocycles. The monoisotopic (exact) mass is 463 g/mol. The zero-order chi connectivity index (χ0) is 22.5. The van der Waals surface area contributed by atoms with Crippen LogP contribution in [-0.2, 0) is 7.05 Å². The molecule has 0 atom stereocenters. The second-order valence-corrected chi connectivity index (χ2v) is 7.22. The highest BCUT2D eigenvalue weighted by molar-refractivity contribution is 6.33. The number of nitrogens with zero attached hydrogens (tertiary/aromatic N) is 5. The summed E-state index contributed by atoms with van der Waals surface area (Å²) in [5, 5.41) is 5.29. The summed E-state index contributed by atoms with van der Waals surface area (Å²) in [6.07, 6.45) is 2.21. The fourth-order valence-corrected chi connectivity index (χ4v) is 3.08. The van der Waals surface area contributed by atoms with Crippen LogP contribution in [-0.4, -0.2) is 24.3 Å². The van der Waals surface area contributed by atoms with Crippen LogP contribution in [0.3, 0.4) is 0 Å². The van der Waals surface area contributed by atoms with E-state index in [1.165, 1.54) is 33.8 Å². The van der Waals surface area contributed by atoms with Crippen molar-refractivity contribution in [2.45, 2.75) is 13.3 Å². The van der Waals surface area contributed by atoms with Crippen molar-refractivity contribution in [2.24, 2.45) is 7.05 Å². The number of benzene rings is 1. The maximum absolute atomic E-state index is 12.3. The largest absolute Gasteiger partial charge is 0.350 e. The lowest BCUT2D eigenvalue weighted by Gasteiger charge is -2.06. The van der Waals surface area contributed by atoms with Crippen molar-refractivity contribution < 1.29 is 8.78 Å². The van der Waals surface area contributed by atoms with Crippen LogP contribution in [0.25, 0.3) is 17.1 Å². The van der Waals surface area contributed by atoms with E-state index in [1.807, 2.05) is 0 Å². The van der Waals surface area contributed by atoms with Gasteiger partial charge in [0.15, 0.2) is 5.82 Å². The molecule has 31 heavy (non-hydrogen) atoms. The molecule has 4 rings (SSSR count). The molecule has 0 aliphatic carbocycles. The Morgan fingerprint density at radius 1 is 1.03 bits per heavy atom. The molecule has 4 aromatic rings. The Bertz CT molecular complexity index is 1240. The van der Waals surface area contributed by atoms with E-state index < -0.39 is 6.43 Å². The lowest BCUT2D eigenvalue weighted by atomic mass is 10.2. The van der Waals surface area contributed by atoms with Gasteiger partial charge in [0.1, 0.15) is 0 Å². The van der Waals surface area contributed by atoms with Gasteiger partial charge in [-0.2, -0.15) is 0 Å². The first kappa shape index (κ1) is 22.6. The summed E-state index contributed by atoms with van der Waals surface area (Å²) in [5.41, 5.74) is 1.46. The van der Waals surface area contributed by atoms with Gasteiger partial charge < -0.3 is 0 Å². The lowest BCUT2D eigenvalue weighted by Crippen LogP contribution is -2.21. The lowest BCUT2D eigenvalue weighted by molar-refractivity contribution is 0.150. The maximum atomic E-state index is 12.3. The molecule has 0 amide bonds. The van der Waals surface area contributed by atoms with Gasteiger partial charge in [-0.15, -0.1) is 5.10 Å². The molecule has 0 bridgehead atoms. The fraction of sp³-hybridized carbons (Fsp3) is 0.143. The first-order valence-corrected chi connectivity index (χ1v) is 9.76. The molecule has 10 heteroatoms. The standard InChI is InChI=1S/C14H10Cl2N4O.C7H7F2N/c1-19-14(21)20(10-4-2-9(15)3-5-10)13(18-19)11-6-7-17-8-12(11)16;1-5-6(7(8)9)3-2-4-10-5/h2-8H,1H3;2-4,7H,1H3. The van der Waals surface area contributed by atoms with Crippen molar-refractivity contribution in [3.63, 3.8) is 0 Å². The van der Waals surface area contributed by atoms with Gasteiger partial charge in [0.05, 0.1) is 10.7 Å². The van der Waals surface area contributed by atoms with Crippen molar-refractivity contribution in [1.82, 2.24) is 24.3 Å². The Balaban J connectivity index is 0.000000229. The minimum absolute atomic E-state index is 0.0162. The highest BCUT2D eigenvalue weighted by atomic mass is 35.5. The molecule has 3 aromatic heterocycles. The summed E-state index contributed by atoms with van der Waals surface area (Å²) in [5.74, 6) is 0.456. The van der Waals surface area contributed by atoms with Crippen LogP contribution in [0, 0.1) is 6.92 Å². The molecule has 0 aliphatic rings. The van der Waals surface area contributed by atoms with E-state index in [2.05, 4.69) is 15.1 Å². The molecular formula is C21H17Cl2F2N5O. The Morgan fingerprint density at radius 2 is 1.74 bits per heavy atom. The van der Waals surface area contributed by atoms with Gasteiger partial charge in [0.2, 0.25) is 0 Å². The molecule has 0 spiro atoms. The van der Waals surface area contributed by atoms with E-state index in [9.17, 15) is 13.6 Å². The van der Waals surface area contributed by atoms with E-state index in [-0.39, 0.29) is 11.3 Å². The van der Waals surface area contributed by atoms with Gasteiger partial charge in [-0.1, -0.05) is 23.2 Å². The molecular weight excluding hydrogens is 447 g/mol. The van der Waals surface area contributed by atoms with E-state index in [0.717, 1.165) is 0 Å². The Kier molecular flexibility index (Phi) is 7.14. The SMILES string of the molecule is Cc1ncccc1C(F)F.Cn1nc(-c2ccncc2Cl)n(-c2ccc(Cl)cc2)c1=O. The van der Waals surface area contributed by atoms with Gasteiger partial charge in [0.25, 0.3) is 6.43 Å². The molecule has 0 N–H and O–H groups in total. The summed E-state index contributed by atoms with van der Waals surface area (Å²) >= 11 is 12.0. The molecule has 0 aliphatic heterocycles. The Labute approximate surface area is 186 Å². The van der Waals surface area contributed by atoms with Crippen LogP contribution in [0.15, 0.2) is 65.8 Å². The highest BCUT2D eigenvalue weighted by Crippen LogP contribution is 2.26. The first-order chi connectivity index (χ1) is 14.8. The van der Waals surface area contributed by atoms with Gasteiger partial charge >= 0.3 is 5.69 Å². The zero-order valence-electron chi connectivity index (χ0n) is 16.5.